The highest BCUT2D eigenvalue weighted by Gasteiger charge is 2.29. The van der Waals surface area contributed by atoms with Crippen LogP contribution in [0.2, 0.25) is 0 Å². The Kier molecular flexibility index (Phi) is 9.68. The maximum atomic E-state index is 11.3. The topological polar surface area (TPSA) is 75.5 Å². The summed E-state index contributed by atoms with van der Waals surface area (Å²) in [6.07, 6.45) is 14.5. The lowest BCUT2D eigenvalue weighted by Gasteiger charge is -2.39. The van der Waals surface area contributed by atoms with Crippen LogP contribution in [0.15, 0.2) is 55.0 Å². The maximum Gasteiger partial charge on any atom is 0.303 e. The van der Waals surface area contributed by atoms with Gasteiger partial charge in [-0.3, -0.25) is 14.8 Å². The Bertz CT molecular complexity index is 1110. The van der Waals surface area contributed by atoms with Gasteiger partial charge in [0, 0.05) is 36.9 Å². The van der Waals surface area contributed by atoms with Gasteiger partial charge in [-0.25, -0.2) is 0 Å². The number of hydrogen-bond donors (Lipinski definition) is 1. The molecule has 2 aromatic heterocycles. The SMILES string of the molecule is COc1ccc2nccc(CCC[C@@H]3CCN(CCCCc4cccnc4)C[C@@H]3CCC(=O)O)c2c1. The number of hydrogen-bond acceptors (Lipinski definition) is 5. The van der Waals surface area contributed by atoms with Crippen molar-refractivity contribution in [3.63, 3.8) is 0 Å². The molecule has 3 heterocycles. The molecule has 6 nitrogen and oxygen atoms in total. The third-order valence-corrected chi connectivity index (χ3v) is 7.68. The van der Waals surface area contributed by atoms with Crippen molar-refractivity contribution in [2.75, 3.05) is 26.7 Å². The molecule has 1 fully saturated rings. The lowest BCUT2D eigenvalue weighted by molar-refractivity contribution is -0.137. The van der Waals surface area contributed by atoms with Crippen LogP contribution >= 0.6 is 0 Å². The number of likely N-dealkylation sites (tertiary alicyclic amines) is 1. The molecule has 0 spiro atoms. The first kappa shape index (κ1) is 26.1. The average molecular weight is 490 g/mol. The molecule has 1 aliphatic rings. The first-order chi connectivity index (χ1) is 17.6. The fraction of sp³-hybridized carbons (Fsp3) is 0.500. The number of pyridine rings is 2. The van der Waals surface area contributed by atoms with Crippen LogP contribution < -0.4 is 4.74 Å². The number of carbonyl (C=O) groups is 1. The van der Waals surface area contributed by atoms with Gasteiger partial charge in [0.25, 0.3) is 0 Å². The molecule has 36 heavy (non-hydrogen) atoms. The molecule has 1 aromatic carbocycles. The van der Waals surface area contributed by atoms with Crippen molar-refractivity contribution in [1.29, 1.82) is 0 Å². The Morgan fingerprint density at radius 3 is 2.81 bits per heavy atom. The molecule has 1 aliphatic heterocycles. The summed E-state index contributed by atoms with van der Waals surface area (Å²) in [5, 5.41) is 10.5. The number of aromatic nitrogens is 2. The summed E-state index contributed by atoms with van der Waals surface area (Å²) >= 11 is 0. The molecular weight excluding hydrogens is 450 g/mol. The number of fused-ring (bicyclic) bond motifs is 1. The van der Waals surface area contributed by atoms with Crippen LogP contribution in [0.1, 0.15) is 56.1 Å². The van der Waals surface area contributed by atoms with E-state index >= 15 is 0 Å². The van der Waals surface area contributed by atoms with Gasteiger partial charge in [-0.05, 0) is 118 Å². The molecule has 0 bridgehead atoms. The normalized spacial score (nSPS) is 18.4. The predicted molar refractivity (Wildman–Crippen MR) is 143 cm³/mol. The van der Waals surface area contributed by atoms with Crippen LogP contribution in [-0.4, -0.2) is 52.7 Å². The molecule has 2 atom stereocenters. The molecule has 4 rings (SSSR count). The van der Waals surface area contributed by atoms with Gasteiger partial charge in [0.2, 0.25) is 0 Å². The summed E-state index contributed by atoms with van der Waals surface area (Å²) in [4.78, 5) is 22.6. The minimum atomic E-state index is -0.681. The fourth-order valence-corrected chi connectivity index (χ4v) is 5.67. The third-order valence-electron chi connectivity index (χ3n) is 7.68. The first-order valence-electron chi connectivity index (χ1n) is 13.4. The Labute approximate surface area is 214 Å². The number of aliphatic carboxylic acids is 1. The van der Waals surface area contributed by atoms with Crippen molar-refractivity contribution in [2.45, 2.75) is 57.8 Å². The molecular formula is C30H39N3O3. The molecule has 3 aromatic rings. The summed E-state index contributed by atoms with van der Waals surface area (Å²) in [5.41, 5.74) is 3.62. The molecule has 0 aliphatic carbocycles. The van der Waals surface area contributed by atoms with Gasteiger partial charge in [0.05, 0.1) is 12.6 Å². The zero-order valence-electron chi connectivity index (χ0n) is 21.4. The molecule has 1 N–H and O–H groups in total. The van der Waals surface area contributed by atoms with Gasteiger partial charge < -0.3 is 14.7 Å². The lowest BCUT2D eigenvalue weighted by Crippen LogP contribution is -2.41. The standard InChI is InChI=1S/C30H39N3O3/c1-36-27-11-12-29-28(20-27)25(14-17-32-29)9-4-8-24-15-19-33(22-26(24)10-13-30(34)35)18-3-2-6-23-7-5-16-31-21-23/h5,7,11-12,14,16-17,20-21,24,26H,2-4,6,8-10,13,15,18-19,22H2,1H3,(H,34,35)/t24-,26+/m1/s1. The maximum absolute atomic E-state index is 11.3. The summed E-state index contributed by atoms with van der Waals surface area (Å²) in [7, 11) is 1.70. The fourth-order valence-electron chi connectivity index (χ4n) is 5.67. The molecule has 0 amide bonds. The van der Waals surface area contributed by atoms with Gasteiger partial charge in [-0.1, -0.05) is 6.07 Å². The summed E-state index contributed by atoms with van der Waals surface area (Å²) < 4.78 is 5.42. The van der Waals surface area contributed by atoms with E-state index in [0.29, 0.717) is 11.8 Å². The zero-order chi connectivity index (χ0) is 25.2. The van der Waals surface area contributed by atoms with E-state index in [4.69, 9.17) is 4.74 Å². The predicted octanol–water partition coefficient (Wildman–Crippen LogP) is 5.79. The number of rotatable bonds is 13. The second kappa shape index (κ2) is 13.4. The van der Waals surface area contributed by atoms with Crippen molar-refractivity contribution in [2.24, 2.45) is 11.8 Å². The van der Waals surface area contributed by atoms with Crippen LogP contribution in [0.4, 0.5) is 0 Å². The monoisotopic (exact) mass is 489 g/mol. The summed E-state index contributed by atoms with van der Waals surface area (Å²) in [6, 6.07) is 12.3. The van der Waals surface area contributed by atoms with Gasteiger partial charge in [-0.2, -0.15) is 0 Å². The second-order valence-electron chi connectivity index (χ2n) is 10.1. The van der Waals surface area contributed by atoms with Crippen LogP contribution in [0.25, 0.3) is 10.9 Å². The Morgan fingerprint density at radius 2 is 2.00 bits per heavy atom. The highest BCUT2D eigenvalue weighted by atomic mass is 16.5. The van der Waals surface area contributed by atoms with Crippen molar-refractivity contribution in [1.82, 2.24) is 14.9 Å². The van der Waals surface area contributed by atoms with E-state index in [1.165, 1.54) is 22.9 Å². The number of nitrogens with zero attached hydrogens (tertiary/aromatic N) is 3. The van der Waals surface area contributed by atoms with E-state index in [9.17, 15) is 9.90 Å². The molecule has 192 valence electrons. The Morgan fingerprint density at radius 1 is 1.08 bits per heavy atom. The van der Waals surface area contributed by atoms with Crippen LogP contribution in [0.5, 0.6) is 5.75 Å². The van der Waals surface area contributed by atoms with Gasteiger partial charge in [-0.15, -0.1) is 0 Å². The Hall–Kier alpha value is -2.99. The zero-order valence-corrected chi connectivity index (χ0v) is 21.4. The molecule has 6 heteroatoms. The Balaban J connectivity index is 1.28. The van der Waals surface area contributed by atoms with Crippen molar-refractivity contribution in [3.05, 3.63) is 66.1 Å². The lowest BCUT2D eigenvalue weighted by atomic mass is 9.79. The van der Waals surface area contributed by atoms with Gasteiger partial charge in [0.1, 0.15) is 5.75 Å². The smallest absolute Gasteiger partial charge is 0.303 e. The number of unbranched alkanes of at least 4 members (excludes halogenated alkanes) is 1. The van der Waals surface area contributed by atoms with Crippen molar-refractivity contribution < 1.29 is 14.6 Å². The van der Waals surface area contributed by atoms with E-state index in [1.807, 2.05) is 36.8 Å². The number of aryl methyl sites for hydroxylation is 2. The number of methoxy groups -OCH3 is 1. The minimum Gasteiger partial charge on any atom is -0.497 e. The molecule has 0 saturated carbocycles. The van der Waals surface area contributed by atoms with Crippen molar-refractivity contribution >= 4 is 16.9 Å². The number of benzene rings is 1. The molecule has 0 unspecified atom stereocenters. The summed E-state index contributed by atoms with van der Waals surface area (Å²) in [5.74, 6) is 1.24. The number of piperidine rings is 1. The van der Waals surface area contributed by atoms with E-state index in [-0.39, 0.29) is 6.42 Å². The van der Waals surface area contributed by atoms with E-state index < -0.39 is 5.97 Å². The van der Waals surface area contributed by atoms with E-state index in [2.05, 4.69) is 33.1 Å². The molecule has 0 radical (unpaired) electrons. The van der Waals surface area contributed by atoms with Crippen LogP contribution in [-0.2, 0) is 17.6 Å². The quantitative estimate of drug-likeness (QED) is 0.307. The van der Waals surface area contributed by atoms with Gasteiger partial charge in [0.15, 0.2) is 0 Å². The number of carboxylic acid groups (broad SMARTS) is 1. The van der Waals surface area contributed by atoms with E-state index in [0.717, 1.165) is 75.8 Å². The number of carboxylic acids is 1. The highest BCUT2D eigenvalue weighted by Crippen LogP contribution is 2.32. The average Bonchev–Trinajstić information content (AvgIpc) is 2.91. The first-order valence-corrected chi connectivity index (χ1v) is 13.4. The van der Waals surface area contributed by atoms with Crippen LogP contribution in [0, 0.1) is 11.8 Å². The highest BCUT2D eigenvalue weighted by molar-refractivity contribution is 5.83. The molecule has 1 saturated heterocycles. The van der Waals surface area contributed by atoms with E-state index in [1.54, 1.807) is 7.11 Å². The summed E-state index contributed by atoms with van der Waals surface area (Å²) in [6.45, 7) is 3.25. The van der Waals surface area contributed by atoms with Crippen LogP contribution in [0.3, 0.4) is 0 Å². The van der Waals surface area contributed by atoms with Gasteiger partial charge >= 0.3 is 5.97 Å². The van der Waals surface area contributed by atoms with Crippen molar-refractivity contribution in [3.8, 4) is 5.75 Å². The minimum absolute atomic E-state index is 0.269. The third kappa shape index (κ3) is 7.50. The number of ether oxygens (including phenoxy) is 1. The second-order valence-corrected chi connectivity index (χ2v) is 10.1. The largest absolute Gasteiger partial charge is 0.497 e.